The normalized spacial score (nSPS) is 11.1. The number of nitrogens with zero attached hydrogens (tertiary/aromatic N) is 5. The molecule has 0 aliphatic heterocycles. The Morgan fingerprint density at radius 1 is 0.938 bits per heavy atom. The van der Waals surface area contributed by atoms with E-state index in [-0.39, 0.29) is 0 Å². The molecule has 0 fully saturated rings. The van der Waals surface area contributed by atoms with Crippen LogP contribution in [-0.2, 0) is 5.75 Å². The van der Waals surface area contributed by atoms with Gasteiger partial charge in [0.2, 0.25) is 5.89 Å². The number of halogens is 1. The van der Waals surface area contributed by atoms with Crippen molar-refractivity contribution in [2.45, 2.75) is 17.8 Å². The molecule has 5 rings (SSSR count). The standard InChI is InChI=1S/C24H18ClN5OS/c1-16-20(25)8-5-9-21(16)30-22(17-10-12-26-13-11-17)28-29-24(30)32-15-19-14-31-23(27-19)18-6-3-2-4-7-18/h2-14H,15H2,1H3. The van der Waals surface area contributed by atoms with E-state index >= 15 is 0 Å². The van der Waals surface area contributed by atoms with E-state index in [9.17, 15) is 0 Å². The molecule has 0 unspecified atom stereocenters. The molecule has 0 bridgehead atoms. The van der Waals surface area contributed by atoms with E-state index in [4.69, 9.17) is 16.0 Å². The first-order valence-electron chi connectivity index (χ1n) is 9.94. The summed E-state index contributed by atoms with van der Waals surface area (Å²) >= 11 is 7.96. The van der Waals surface area contributed by atoms with E-state index in [0.29, 0.717) is 16.7 Å². The van der Waals surface area contributed by atoms with Crippen LogP contribution in [0.5, 0.6) is 0 Å². The molecule has 32 heavy (non-hydrogen) atoms. The van der Waals surface area contributed by atoms with E-state index < -0.39 is 0 Å². The Bertz CT molecular complexity index is 1350. The van der Waals surface area contributed by atoms with Crippen molar-refractivity contribution in [2.75, 3.05) is 0 Å². The van der Waals surface area contributed by atoms with Crippen LogP contribution in [0.3, 0.4) is 0 Å². The van der Waals surface area contributed by atoms with Crippen LogP contribution in [0, 0.1) is 6.92 Å². The van der Waals surface area contributed by atoms with Gasteiger partial charge < -0.3 is 4.42 Å². The summed E-state index contributed by atoms with van der Waals surface area (Å²) in [5.74, 6) is 1.92. The summed E-state index contributed by atoms with van der Waals surface area (Å²) in [5.41, 5.74) is 4.59. The fourth-order valence-electron chi connectivity index (χ4n) is 3.33. The van der Waals surface area contributed by atoms with Crippen molar-refractivity contribution in [1.82, 2.24) is 24.7 Å². The molecule has 0 atom stereocenters. The van der Waals surface area contributed by atoms with Gasteiger partial charge in [0.25, 0.3) is 0 Å². The molecule has 3 aromatic heterocycles. The predicted molar refractivity (Wildman–Crippen MR) is 126 cm³/mol. The van der Waals surface area contributed by atoms with Crippen LogP contribution in [0.4, 0.5) is 0 Å². The third-order valence-corrected chi connectivity index (χ3v) is 6.35. The number of aromatic nitrogens is 5. The van der Waals surface area contributed by atoms with Crippen LogP contribution in [0.25, 0.3) is 28.5 Å². The topological polar surface area (TPSA) is 69.6 Å². The predicted octanol–water partition coefficient (Wildman–Crippen LogP) is 6.24. The summed E-state index contributed by atoms with van der Waals surface area (Å²) in [4.78, 5) is 8.73. The lowest BCUT2D eigenvalue weighted by Crippen LogP contribution is -2.02. The van der Waals surface area contributed by atoms with E-state index in [1.54, 1.807) is 30.4 Å². The third kappa shape index (κ3) is 4.04. The largest absolute Gasteiger partial charge is 0.444 e. The molecule has 0 aliphatic carbocycles. The molecule has 0 saturated heterocycles. The van der Waals surface area contributed by atoms with Gasteiger partial charge in [-0.1, -0.05) is 47.6 Å². The van der Waals surface area contributed by atoms with E-state index in [0.717, 1.165) is 39.1 Å². The molecule has 0 amide bonds. The summed E-state index contributed by atoms with van der Waals surface area (Å²) in [6.07, 6.45) is 5.17. The van der Waals surface area contributed by atoms with Crippen molar-refractivity contribution in [2.24, 2.45) is 0 Å². The second kappa shape index (κ2) is 8.98. The number of oxazole rings is 1. The molecule has 0 spiro atoms. The van der Waals surface area contributed by atoms with Gasteiger partial charge in [0.1, 0.15) is 6.26 Å². The zero-order chi connectivity index (χ0) is 21.9. The van der Waals surface area contributed by atoms with Gasteiger partial charge in [-0.25, -0.2) is 4.98 Å². The number of rotatable bonds is 6. The third-order valence-electron chi connectivity index (χ3n) is 4.97. The van der Waals surface area contributed by atoms with Crippen LogP contribution in [0.1, 0.15) is 11.3 Å². The van der Waals surface area contributed by atoms with Crippen molar-refractivity contribution < 1.29 is 4.42 Å². The zero-order valence-corrected chi connectivity index (χ0v) is 18.7. The fourth-order valence-corrected chi connectivity index (χ4v) is 4.32. The summed E-state index contributed by atoms with van der Waals surface area (Å²) in [6, 6.07) is 19.5. The minimum absolute atomic E-state index is 0.588. The van der Waals surface area contributed by atoms with Gasteiger partial charge in [0.15, 0.2) is 11.0 Å². The van der Waals surface area contributed by atoms with Gasteiger partial charge in [0.05, 0.1) is 11.4 Å². The summed E-state index contributed by atoms with van der Waals surface area (Å²) in [5, 5.41) is 10.4. The zero-order valence-electron chi connectivity index (χ0n) is 17.1. The van der Waals surface area contributed by atoms with Crippen molar-refractivity contribution in [3.05, 3.63) is 95.6 Å². The highest BCUT2D eigenvalue weighted by Crippen LogP contribution is 2.33. The molecule has 0 N–H and O–H groups in total. The number of benzene rings is 2. The Kier molecular flexibility index (Phi) is 5.75. The molecule has 0 saturated carbocycles. The SMILES string of the molecule is Cc1c(Cl)cccc1-n1c(SCc2coc(-c3ccccc3)n2)nnc1-c1ccncc1. The van der Waals surface area contributed by atoms with Crippen molar-refractivity contribution in [1.29, 1.82) is 0 Å². The van der Waals surface area contributed by atoms with E-state index in [1.807, 2.05) is 72.2 Å². The van der Waals surface area contributed by atoms with Gasteiger partial charge in [-0.2, -0.15) is 0 Å². The Hall–Kier alpha value is -3.42. The van der Waals surface area contributed by atoms with Crippen molar-refractivity contribution in [3.63, 3.8) is 0 Å². The van der Waals surface area contributed by atoms with Gasteiger partial charge >= 0.3 is 0 Å². The van der Waals surface area contributed by atoms with Gasteiger partial charge in [-0.05, 0) is 48.9 Å². The fraction of sp³-hybridized carbons (Fsp3) is 0.0833. The second-order valence-corrected chi connectivity index (χ2v) is 8.41. The number of hydrogen-bond donors (Lipinski definition) is 0. The van der Waals surface area contributed by atoms with Crippen molar-refractivity contribution in [3.8, 4) is 28.5 Å². The minimum Gasteiger partial charge on any atom is -0.444 e. The van der Waals surface area contributed by atoms with Gasteiger partial charge in [-0.3, -0.25) is 9.55 Å². The highest BCUT2D eigenvalue weighted by molar-refractivity contribution is 7.98. The van der Waals surface area contributed by atoms with Crippen LogP contribution in [0.2, 0.25) is 5.02 Å². The Balaban J connectivity index is 1.49. The lowest BCUT2D eigenvalue weighted by Gasteiger charge is -2.13. The smallest absolute Gasteiger partial charge is 0.226 e. The van der Waals surface area contributed by atoms with Crippen molar-refractivity contribution >= 4 is 23.4 Å². The summed E-state index contributed by atoms with van der Waals surface area (Å²) in [7, 11) is 0. The molecule has 5 aromatic rings. The lowest BCUT2D eigenvalue weighted by molar-refractivity contribution is 0.573. The maximum Gasteiger partial charge on any atom is 0.226 e. The average molecular weight is 460 g/mol. The second-order valence-electron chi connectivity index (χ2n) is 7.06. The number of hydrogen-bond acceptors (Lipinski definition) is 6. The Morgan fingerprint density at radius 3 is 2.56 bits per heavy atom. The molecule has 2 aromatic carbocycles. The Morgan fingerprint density at radius 2 is 1.75 bits per heavy atom. The quantitative estimate of drug-likeness (QED) is 0.280. The van der Waals surface area contributed by atoms with Gasteiger partial charge in [0, 0.05) is 34.3 Å². The van der Waals surface area contributed by atoms with E-state index in [2.05, 4.69) is 20.2 Å². The minimum atomic E-state index is 0.588. The van der Waals surface area contributed by atoms with Crippen LogP contribution in [-0.4, -0.2) is 24.7 Å². The van der Waals surface area contributed by atoms with Gasteiger partial charge in [-0.15, -0.1) is 10.2 Å². The number of pyridine rings is 1. The maximum absolute atomic E-state index is 6.42. The molecular formula is C24H18ClN5OS. The highest BCUT2D eigenvalue weighted by Gasteiger charge is 2.19. The van der Waals surface area contributed by atoms with Crippen LogP contribution < -0.4 is 0 Å². The summed E-state index contributed by atoms with van der Waals surface area (Å²) in [6.45, 7) is 1.99. The first-order chi connectivity index (χ1) is 15.7. The van der Waals surface area contributed by atoms with E-state index in [1.165, 1.54) is 0 Å². The lowest BCUT2D eigenvalue weighted by atomic mass is 10.2. The molecule has 0 radical (unpaired) electrons. The first kappa shape index (κ1) is 20.5. The Labute approximate surface area is 194 Å². The maximum atomic E-state index is 6.42. The molecule has 158 valence electrons. The molecule has 3 heterocycles. The van der Waals surface area contributed by atoms with Crippen LogP contribution >= 0.6 is 23.4 Å². The molecular weight excluding hydrogens is 442 g/mol. The summed E-state index contributed by atoms with van der Waals surface area (Å²) < 4.78 is 7.70. The average Bonchev–Trinajstić information content (AvgIpc) is 3.48. The molecule has 8 heteroatoms. The number of thioether (sulfide) groups is 1. The van der Waals surface area contributed by atoms with Crippen LogP contribution in [0.15, 0.2) is 88.9 Å². The highest BCUT2D eigenvalue weighted by atomic mass is 35.5. The molecule has 6 nitrogen and oxygen atoms in total. The monoisotopic (exact) mass is 459 g/mol. The first-order valence-corrected chi connectivity index (χ1v) is 11.3. The molecule has 0 aliphatic rings.